The highest BCUT2D eigenvalue weighted by Crippen LogP contribution is 2.36. The first-order chi connectivity index (χ1) is 11.6. The number of benzene rings is 1. The van der Waals surface area contributed by atoms with Crippen LogP contribution in [-0.4, -0.2) is 29.4 Å². The van der Waals surface area contributed by atoms with Crippen molar-refractivity contribution in [1.82, 2.24) is 14.4 Å². The summed E-state index contributed by atoms with van der Waals surface area (Å²) in [7, 11) is -3.55. The van der Waals surface area contributed by atoms with Crippen molar-refractivity contribution in [3.8, 4) is 0 Å². The molecule has 7 heteroatoms. The topological polar surface area (TPSA) is 76.3 Å². The molecule has 0 spiro atoms. The number of rotatable bonds is 3. The highest BCUT2D eigenvalue weighted by Gasteiger charge is 2.39. The maximum atomic E-state index is 13.1. The van der Waals surface area contributed by atoms with Crippen molar-refractivity contribution in [3.05, 3.63) is 41.0 Å². The van der Waals surface area contributed by atoms with Crippen molar-refractivity contribution in [3.63, 3.8) is 0 Å². The summed E-state index contributed by atoms with van der Waals surface area (Å²) in [4.78, 5) is 4.62. The van der Waals surface area contributed by atoms with Crippen molar-refractivity contribution >= 4 is 10.0 Å². The van der Waals surface area contributed by atoms with Gasteiger partial charge in [0, 0.05) is 6.54 Å². The lowest BCUT2D eigenvalue weighted by molar-refractivity contribution is 0.289. The first-order valence-corrected chi connectivity index (χ1v) is 9.93. The Kier molecular flexibility index (Phi) is 3.92. The van der Waals surface area contributed by atoms with Crippen molar-refractivity contribution in [2.24, 2.45) is 0 Å². The predicted octanol–water partition coefficient (Wildman–Crippen LogP) is 2.78. The third kappa shape index (κ3) is 2.65. The minimum Gasteiger partial charge on any atom is -0.338 e. The molecule has 2 heterocycles. The highest BCUT2D eigenvalue weighted by molar-refractivity contribution is 7.89. The largest absolute Gasteiger partial charge is 0.338 e. The average Bonchev–Trinajstić information content (AvgIpc) is 3.23. The van der Waals surface area contributed by atoms with E-state index < -0.39 is 10.0 Å². The molecule has 0 saturated carbocycles. The molecule has 1 aromatic carbocycles. The second-order valence-corrected chi connectivity index (χ2v) is 8.48. The van der Waals surface area contributed by atoms with Gasteiger partial charge in [0.15, 0.2) is 5.82 Å². The van der Waals surface area contributed by atoms with Gasteiger partial charge in [0.2, 0.25) is 15.9 Å². The molecule has 24 heavy (non-hydrogen) atoms. The van der Waals surface area contributed by atoms with E-state index in [1.165, 1.54) is 21.9 Å². The second-order valence-electron chi connectivity index (χ2n) is 6.59. The Bertz CT molecular complexity index is 860. The summed E-state index contributed by atoms with van der Waals surface area (Å²) in [6.07, 6.45) is 5.84. The Hall–Kier alpha value is -1.73. The van der Waals surface area contributed by atoms with E-state index >= 15 is 0 Å². The van der Waals surface area contributed by atoms with Gasteiger partial charge in [0.25, 0.3) is 0 Å². The lowest BCUT2D eigenvalue weighted by atomic mass is 9.92. The zero-order valence-electron chi connectivity index (χ0n) is 13.7. The van der Waals surface area contributed by atoms with Gasteiger partial charge in [0.05, 0.1) is 4.90 Å². The van der Waals surface area contributed by atoms with E-state index in [1.54, 1.807) is 13.0 Å². The third-order valence-electron chi connectivity index (χ3n) is 4.96. The number of aromatic nitrogens is 2. The van der Waals surface area contributed by atoms with E-state index in [0.29, 0.717) is 29.6 Å². The minimum absolute atomic E-state index is 0.354. The maximum absolute atomic E-state index is 13.1. The van der Waals surface area contributed by atoms with E-state index in [9.17, 15) is 8.42 Å². The molecule has 1 atom stereocenters. The molecule has 0 bridgehead atoms. The number of aryl methyl sites for hydroxylation is 3. The van der Waals surface area contributed by atoms with Crippen molar-refractivity contribution in [2.45, 2.75) is 56.4 Å². The van der Waals surface area contributed by atoms with Gasteiger partial charge >= 0.3 is 0 Å². The van der Waals surface area contributed by atoms with Crippen LogP contribution < -0.4 is 0 Å². The van der Waals surface area contributed by atoms with Gasteiger partial charge in [-0.1, -0.05) is 11.2 Å². The molecule has 1 aromatic heterocycles. The fourth-order valence-corrected chi connectivity index (χ4v) is 5.43. The van der Waals surface area contributed by atoms with Crippen LogP contribution in [0.25, 0.3) is 0 Å². The van der Waals surface area contributed by atoms with Crippen LogP contribution in [0, 0.1) is 6.92 Å². The summed E-state index contributed by atoms with van der Waals surface area (Å²) in [6, 6.07) is 5.22. The number of sulfonamides is 1. The first kappa shape index (κ1) is 15.8. The maximum Gasteiger partial charge on any atom is 0.245 e. The molecular formula is C17H21N3O3S. The SMILES string of the molecule is Cc1noc([C@@H]2CCCN2S(=O)(=O)c2ccc3c(c2)CCCC3)n1. The van der Waals surface area contributed by atoms with E-state index in [4.69, 9.17) is 4.52 Å². The Morgan fingerprint density at radius 2 is 1.96 bits per heavy atom. The monoisotopic (exact) mass is 347 g/mol. The Balaban J connectivity index is 1.69. The normalized spacial score (nSPS) is 21.8. The molecule has 0 unspecified atom stereocenters. The van der Waals surface area contributed by atoms with Crippen molar-refractivity contribution < 1.29 is 12.9 Å². The average molecular weight is 347 g/mol. The van der Waals surface area contributed by atoms with Crippen LogP contribution in [0.15, 0.2) is 27.6 Å². The van der Waals surface area contributed by atoms with E-state index in [2.05, 4.69) is 10.1 Å². The van der Waals surface area contributed by atoms with Gasteiger partial charge in [-0.05, 0) is 68.7 Å². The molecule has 6 nitrogen and oxygen atoms in total. The summed E-state index contributed by atoms with van der Waals surface area (Å²) in [6.45, 7) is 2.23. The Morgan fingerprint density at radius 3 is 2.71 bits per heavy atom. The molecule has 4 rings (SSSR count). The fraction of sp³-hybridized carbons (Fsp3) is 0.529. The molecule has 2 aliphatic rings. The molecular weight excluding hydrogens is 326 g/mol. The zero-order valence-corrected chi connectivity index (χ0v) is 14.6. The molecule has 1 aliphatic carbocycles. The molecule has 1 saturated heterocycles. The van der Waals surface area contributed by atoms with Crippen LogP contribution in [0.1, 0.15) is 54.6 Å². The molecule has 0 radical (unpaired) electrons. The van der Waals surface area contributed by atoms with Crippen LogP contribution in [0.4, 0.5) is 0 Å². The standard InChI is InChI=1S/C17H21N3O3S/c1-12-18-17(23-19-12)16-7-4-10-20(16)24(21,22)15-9-8-13-5-2-3-6-14(13)11-15/h8-9,11,16H,2-7,10H2,1H3/t16-/m0/s1. The lowest BCUT2D eigenvalue weighted by Crippen LogP contribution is -2.31. The third-order valence-corrected chi connectivity index (χ3v) is 6.86. The Labute approximate surface area is 141 Å². The summed E-state index contributed by atoms with van der Waals surface area (Å²) < 4.78 is 33.0. The number of fused-ring (bicyclic) bond motifs is 1. The molecule has 128 valence electrons. The number of hydrogen-bond donors (Lipinski definition) is 0. The number of nitrogens with zero attached hydrogens (tertiary/aromatic N) is 3. The van der Waals surface area contributed by atoms with Crippen LogP contribution >= 0.6 is 0 Å². The lowest BCUT2D eigenvalue weighted by Gasteiger charge is -2.23. The molecule has 2 aromatic rings. The van der Waals surface area contributed by atoms with Gasteiger partial charge < -0.3 is 4.52 Å². The molecule has 1 aliphatic heterocycles. The minimum atomic E-state index is -3.55. The van der Waals surface area contributed by atoms with Crippen LogP contribution in [-0.2, 0) is 22.9 Å². The number of hydrogen-bond acceptors (Lipinski definition) is 5. The summed E-state index contributed by atoms with van der Waals surface area (Å²) >= 11 is 0. The van der Waals surface area contributed by atoms with E-state index in [0.717, 1.165) is 25.7 Å². The van der Waals surface area contributed by atoms with E-state index in [1.807, 2.05) is 12.1 Å². The predicted molar refractivity (Wildman–Crippen MR) is 88.0 cm³/mol. The van der Waals surface area contributed by atoms with Gasteiger partial charge in [-0.25, -0.2) is 8.42 Å². The van der Waals surface area contributed by atoms with Gasteiger partial charge in [-0.15, -0.1) is 0 Å². The van der Waals surface area contributed by atoms with Gasteiger partial charge in [0.1, 0.15) is 6.04 Å². The van der Waals surface area contributed by atoms with Gasteiger partial charge in [-0.2, -0.15) is 9.29 Å². The van der Waals surface area contributed by atoms with Crippen LogP contribution in [0.3, 0.4) is 0 Å². The molecule has 0 amide bonds. The fourth-order valence-electron chi connectivity index (χ4n) is 3.73. The smallest absolute Gasteiger partial charge is 0.245 e. The summed E-state index contributed by atoms with van der Waals surface area (Å²) in [5.41, 5.74) is 2.46. The molecule has 0 N–H and O–H groups in total. The second kappa shape index (κ2) is 5.97. The summed E-state index contributed by atoms with van der Waals surface area (Å²) in [5, 5.41) is 3.80. The van der Waals surface area contributed by atoms with Crippen LogP contribution in [0.5, 0.6) is 0 Å². The zero-order chi connectivity index (χ0) is 16.7. The van der Waals surface area contributed by atoms with Gasteiger partial charge in [-0.3, -0.25) is 0 Å². The van der Waals surface area contributed by atoms with Crippen LogP contribution in [0.2, 0.25) is 0 Å². The van der Waals surface area contributed by atoms with Crippen molar-refractivity contribution in [2.75, 3.05) is 6.54 Å². The highest BCUT2D eigenvalue weighted by atomic mass is 32.2. The van der Waals surface area contributed by atoms with Crippen molar-refractivity contribution in [1.29, 1.82) is 0 Å². The molecule has 1 fully saturated rings. The Morgan fingerprint density at radius 1 is 1.17 bits per heavy atom. The quantitative estimate of drug-likeness (QED) is 0.853. The first-order valence-electron chi connectivity index (χ1n) is 8.49. The van der Waals surface area contributed by atoms with E-state index in [-0.39, 0.29) is 6.04 Å². The summed E-state index contributed by atoms with van der Waals surface area (Å²) in [5.74, 6) is 0.926.